The molecule has 2 N–H and O–H groups in total. The van der Waals surface area contributed by atoms with E-state index in [-0.39, 0.29) is 39.6 Å². The summed E-state index contributed by atoms with van der Waals surface area (Å²) >= 11 is 11.8. The zero-order valence-corrected chi connectivity index (χ0v) is 13.4. The minimum Gasteiger partial charge on any atom is -0.396 e. The molecule has 0 saturated carbocycles. The third-order valence-corrected chi connectivity index (χ3v) is 5.66. The summed E-state index contributed by atoms with van der Waals surface area (Å²) in [5.41, 5.74) is 5.68. The van der Waals surface area contributed by atoms with Gasteiger partial charge in [0.05, 0.1) is 21.8 Å². The van der Waals surface area contributed by atoms with E-state index in [0.717, 1.165) is 0 Å². The van der Waals surface area contributed by atoms with Crippen LogP contribution in [-0.2, 0) is 10.0 Å². The van der Waals surface area contributed by atoms with Gasteiger partial charge in [-0.05, 0) is 26.0 Å². The first kappa shape index (κ1) is 17.1. The summed E-state index contributed by atoms with van der Waals surface area (Å²) in [5.74, 6) is 0. The minimum absolute atomic E-state index is 0.0263. The Morgan fingerprint density at radius 3 is 2.50 bits per heavy atom. The quantitative estimate of drug-likeness (QED) is 0.838. The van der Waals surface area contributed by atoms with Crippen molar-refractivity contribution in [2.75, 3.05) is 12.3 Å². The molecule has 0 amide bonds. The van der Waals surface area contributed by atoms with Crippen LogP contribution >= 0.6 is 23.2 Å². The summed E-state index contributed by atoms with van der Waals surface area (Å²) < 4.78 is 26.4. The number of nitriles is 1. The molecule has 0 aliphatic carbocycles. The Balaban J connectivity index is 3.35. The molecule has 5 nitrogen and oxygen atoms in total. The van der Waals surface area contributed by atoms with Gasteiger partial charge in [0, 0.05) is 19.0 Å². The summed E-state index contributed by atoms with van der Waals surface area (Å²) in [5, 5.41) is 8.73. The largest absolute Gasteiger partial charge is 0.396 e. The average Bonchev–Trinajstić information content (AvgIpc) is 2.35. The van der Waals surface area contributed by atoms with Gasteiger partial charge in [-0.2, -0.15) is 9.57 Å². The number of rotatable bonds is 5. The van der Waals surface area contributed by atoms with E-state index in [0.29, 0.717) is 0 Å². The van der Waals surface area contributed by atoms with E-state index >= 15 is 0 Å². The fourth-order valence-electron chi connectivity index (χ4n) is 1.69. The minimum atomic E-state index is -3.83. The van der Waals surface area contributed by atoms with E-state index in [1.54, 1.807) is 13.8 Å². The van der Waals surface area contributed by atoms with Gasteiger partial charge in [-0.15, -0.1) is 0 Å². The maximum atomic E-state index is 12.6. The van der Waals surface area contributed by atoms with E-state index < -0.39 is 10.0 Å². The van der Waals surface area contributed by atoms with E-state index in [9.17, 15) is 8.42 Å². The maximum Gasteiger partial charge on any atom is 0.244 e. The van der Waals surface area contributed by atoms with Crippen molar-refractivity contribution in [1.82, 2.24) is 4.31 Å². The van der Waals surface area contributed by atoms with Gasteiger partial charge in [-0.3, -0.25) is 0 Å². The highest BCUT2D eigenvalue weighted by atomic mass is 35.5. The zero-order valence-electron chi connectivity index (χ0n) is 11.1. The van der Waals surface area contributed by atoms with Gasteiger partial charge < -0.3 is 5.73 Å². The molecule has 0 atom stereocenters. The lowest BCUT2D eigenvalue weighted by Crippen LogP contribution is -2.37. The summed E-state index contributed by atoms with van der Waals surface area (Å²) in [6.07, 6.45) is 0.0953. The number of nitrogen functional groups attached to an aromatic ring is 1. The van der Waals surface area contributed by atoms with E-state index in [1.807, 2.05) is 6.07 Å². The van der Waals surface area contributed by atoms with Crippen LogP contribution in [0.2, 0.25) is 10.0 Å². The molecule has 110 valence electrons. The van der Waals surface area contributed by atoms with Crippen LogP contribution in [0.15, 0.2) is 17.0 Å². The van der Waals surface area contributed by atoms with Crippen LogP contribution in [0.1, 0.15) is 20.3 Å². The molecule has 0 aliphatic rings. The fraction of sp³-hybridized carbons (Fsp3) is 0.417. The van der Waals surface area contributed by atoms with Crippen molar-refractivity contribution in [2.24, 2.45) is 0 Å². The lowest BCUT2D eigenvalue weighted by molar-refractivity contribution is 0.360. The number of nitrogens with zero attached hydrogens (tertiary/aromatic N) is 2. The van der Waals surface area contributed by atoms with E-state index in [1.165, 1.54) is 16.4 Å². The predicted molar refractivity (Wildman–Crippen MR) is 80.1 cm³/mol. The standard InChI is InChI=1S/C12H15Cl2N3O2S/c1-8(2)17(7-3-6-15)20(18,19)10-5-4-9(13)12(16)11(10)14/h4-5,8H,3,7,16H2,1-2H3. The second-order valence-electron chi connectivity index (χ2n) is 4.39. The van der Waals surface area contributed by atoms with Crippen molar-refractivity contribution < 1.29 is 8.42 Å². The van der Waals surface area contributed by atoms with Crippen LogP contribution < -0.4 is 5.73 Å². The molecule has 1 aromatic rings. The molecule has 0 aliphatic heterocycles. The summed E-state index contributed by atoms with van der Waals surface area (Å²) in [4.78, 5) is -0.104. The first-order valence-corrected chi connectivity index (χ1v) is 8.05. The third-order valence-electron chi connectivity index (χ3n) is 2.70. The van der Waals surface area contributed by atoms with Gasteiger partial charge in [0.2, 0.25) is 10.0 Å². The number of sulfonamides is 1. The molecule has 0 fully saturated rings. The molecular formula is C12H15Cl2N3O2S. The smallest absolute Gasteiger partial charge is 0.244 e. The molecule has 0 aromatic heterocycles. The molecule has 0 saturated heterocycles. The van der Waals surface area contributed by atoms with Crippen molar-refractivity contribution in [2.45, 2.75) is 31.2 Å². The van der Waals surface area contributed by atoms with Crippen molar-refractivity contribution in [1.29, 1.82) is 5.26 Å². The van der Waals surface area contributed by atoms with Crippen LogP contribution in [0, 0.1) is 11.3 Å². The Hall–Kier alpha value is -1.00. The molecule has 20 heavy (non-hydrogen) atoms. The van der Waals surface area contributed by atoms with Crippen LogP contribution in [0.5, 0.6) is 0 Å². The SMILES string of the molecule is CC(C)N(CCC#N)S(=O)(=O)c1ccc(Cl)c(N)c1Cl. The van der Waals surface area contributed by atoms with Gasteiger partial charge in [0.1, 0.15) is 4.90 Å². The highest BCUT2D eigenvalue weighted by Crippen LogP contribution is 2.35. The molecule has 1 rings (SSSR count). The maximum absolute atomic E-state index is 12.6. The molecule has 8 heteroatoms. The molecule has 0 unspecified atom stereocenters. The Morgan fingerprint density at radius 2 is 2.00 bits per heavy atom. The van der Waals surface area contributed by atoms with Gasteiger partial charge in [-0.25, -0.2) is 8.42 Å². The summed E-state index contributed by atoms with van der Waals surface area (Å²) in [6, 6.07) is 4.33. The summed E-state index contributed by atoms with van der Waals surface area (Å²) in [7, 11) is -3.83. The molecule has 0 bridgehead atoms. The first-order valence-electron chi connectivity index (χ1n) is 5.85. The monoisotopic (exact) mass is 335 g/mol. The Kier molecular flexibility index (Phi) is 5.66. The number of hydrogen-bond acceptors (Lipinski definition) is 4. The normalized spacial score (nSPS) is 11.8. The second kappa shape index (κ2) is 6.64. The van der Waals surface area contributed by atoms with Gasteiger partial charge in [0.15, 0.2) is 0 Å². The highest BCUT2D eigenvalue weighted by Gasteiger charge is 2.29. The number of anilines is 1. The van der Waals surface area contributed by atoms with Crippen LogP contribution in [-0.4, -0.2) is 25.3 Å². The molecule has 0 spiro atoms. The molecule has 0 heterocycles. The lowest BCUT2D eigenvalue weighted by atomic mass is 10.3. The first-order chi connectivity index (χ1) is 9.23. The van der Waals surface area contributed by atoms with E-state index in [4.69, 9.17) is 34.2 Å². The van der Waals surface area contributed by atoms with Crippen molar-refractivity contribution in [3.63, 3.8) is 0 Å². The Morgan fingerprint density at radius 1 is 1.40 bits per heavy atom. The van der Waals surface area contributed by atoms with Crippen molar-refractivity contribution in [3.05, 3.63) is 22.2 Å². The van der Waals surface area contributed by atoms with Gasteiger partial charge >= 0.3 is 0 Å². The Bertz CT molecular complexity index is 639. The van der Waals surface area contributed by atoms with Crippen LogP contribution in [0.4, 0.5) is 5.69 Å². The van der Waals surface area contributed by atoms with Crippen LogP contribution in [0.3, 0.4) is 0 Å². The number of nitrogens with two attached hydrogens (primary N) is 1. The Labute approximate surface area is 128 Å². The fourth-order valence-corrected chi connectivity index (χ4v) is 4.07. The summed E-state index contributed by atoms with van der Waals surface area (Å²) in [6.45, 7) is 3.54. The average molecular weight is 336 g/mol. The lowest BCUT2D eigenvalue weighted by Gasteiger charge is -2.25. The van der Waals surface area contributed by atoms with E-state index in [2.05, 4.69) is 0 Å². The molecule has 0 radical (unpaired) electrons. The predicted octanol–water partition coefficient (Wildman–Crippen LogP) is 2.89. The number of benzene rings is 1. The third kappa shape index (κ3) is 3.36. The highest BCUT2D eigenvalue weighted by molar-refractivity contribution is 7.89. The molecular weight excluding hydrogens is 321 g/mol. The zero-order chi connectivity index (χ0) is 15.5. The topological polar surface area (TPSA) is 87.2 Å². The second-order valence-corrected chi connectivity index (χ2v) is 7.03. The van der Waals surface area contributed by atoms with Crippen molar-refractivity contribution in [3.8, 4) is 6.07 Å². The number of hydrogen-bond donors (Lipinski definition) is 1. The van der Waals surface area contributed by atoms with Gasteiger partial charge in [0.25, 0.3) is 0 Å². The van der Waals surface area contributed by atoms with Gasteiger partial charge in [-0.1, -0.05) is 23.2 Å². The molecule has 1 aromatic carbocycles. The number of halogens is 2. The van der Waals surface area contributed by atoms with Crippen LogP contribution in [0.25, 0.3) is 0 Å². The van der Waals surface area contributed by atoms with Crippen molar-refractivity contribution >= 4 is 38.9 Å².